The Bertz CT molecular complexity index is 591. The predicted octanol–water partition coefficient (Wildman–Crippen LogP) is 5.21. The smallest absolute Gasteiger partial charge is 0.0400 e. The lowest BCUT2D eigenvalue weighted by Crippen LogP contribution is -2.14. The molecule has 0 aliphatic rings. The van der Waals surface area contributed by atoms with Crippen LogP contribution in [0.25, 0.3) is 0 Å². The van der Waals surface area contributed by atoms with Gasteiger partial charge in [0.05, 0.1) is 0 Å². The molecular formula is C19H25N. The van der Waals surface area contributed by atoms with E-state index < -0.39 is 0 Å². The quantitative estimate of drug-likeness (QED) is 0.804. The second-order valence-electron chi connectivity index (χ2n) is 6.57. The number of anilines is 1. The topological polar surface area (TPSA) is 12.0 Å². The molecule has 0 fully saturated rings. The summed E-state index contributed by atoms with van der Waals surface area (Å²) in [5, 5.41) is 3.58. The van der Waals surface area contributed by atoms with Gasteiger partial charge in [0, 0.05) is 12.2 Å². The largest absolute Gasteiger partial charge is 0.381 e. The second kappa shape index (κ2) is 5.70. The third-order valence-electron chi connectivity index (χ3n) is 3.79. The Kier molecular flexibility index (Phi) is 4.17. The molecule has 20 heavy (non-hydrogen) atoms. The summed E-state index contributed by atoms with van der Waals surface area (Å²) in [6.07, 6.45) is 0. The normalized spacial score (nSPS) is 11.4. The van der Waals surface area contributed by atoms with E-state index >= 15 is 0 Å². The van der Waals surface area contributed by atoms with Gasteiger partial charge in [0.2, 0.25) is 0 Å². The number of para-hydroxylation sites is 1. The first-order valence-corrected chi connectivity index (χ1v) is 7.27. The Balaban J connectivity index is 2.17. The molecule has 2 aromatic carbocycles. The third kappa shape index (κ3) is 3.41. The van der Waals surface area contributed by atoms with Gasteiger partial charge in [-0.25, -0.2) is 0 Å². The molecule has 0 aliphatic carbocycles. The maximum atomic E-state index is 3.58. The van der Waals surface area contributed by atoms with Crippen LogP contribution in [-0.4, -0.2) is 0 Å². The van der Waals surface area contributed by atoms with Crippen LogP contribution in [0.2, 0.25) is 0 Å². The van der Waals surface area contributed by atoms with Crippen LogP contribution in [0.3, 0.4) is 0 Å². The highest BCUT2D eigenvalue weighted by Gasteiger charge is 2.17. The van der Waals surface area contributed by atoms with Crippen molar-refractivity contribution in [2.75, 3.05) is 5.32 Å². The van der Waals surface area contributed by atoms with E-state index in [9.17, 15) is 0 Å². The highest BCUT2D eigenvalue weighted by Crippen LogP contribution is 2.29. The van der Waals surface area contributed by atoms with Crippen molar-refractivity contribution in [1.29, 1.82) is 0 Å². The Morgan fingerprint density at radius 2 is 1.60 bits per heavy atom. The molecule has 1 heteroatoms. The fourth-order valence-corrected chi connectivity index (χ4v) is 2.40. The van der Waals surface area contributed by atoms with E-state index in [0.29, 0.717) is 0 Å². The molecule has 0 saturated carbocycles. The first kappa shape index (κ1) is 14.6. The van der Waals surface area contributed by atoms with Crippen molar-refractivity contribution in [2.24, 2.45) is 0 Å². The van der Waals surface area contributed by atoms with Crippen molar-refractivity contribution in [3.8, 4) is 0 Å². The van der Waals surface area contributed by atoms with Crippen molar-refractivity contribution in [3.05, 3.63) is 64.7 Å². The fraction of sp³-hybridized carbons (Fsp3) is 0.368. The van der Waals surface area contributed by atoms with Crippen molar-refractivity contribution < 1.29 is 0 Å². The lowest BCUT2D eigenvalue weighted by molar-refractivity contribution is 0.591. The first-order chi connectivity index (χ1) is 9.38. The van der Waals surface area contributed by atoms with Gasteiger partial charge in [-0.2, -0.15) is 0 Å². The predicted molar refractivity (Wildman–Crippen MR) is 88.4 cm³/mol. The Labute approximate surface area is 123 Å². The van der Waals surface area contributed by atoms with E-state index in [2.05, 4.69) is 82.4 Å². The van der Waals surface area contributed by atoms with Crippen molar-refractivity contribution in [2.45, 2.75) is 46.6 Å². The first-order valence-electron chi connectivity index (χ1n) is 7.27. The van der Waals surface area contributed by atoms with Crippen LogP contribution in [0, 0.1) is 13.8 Å². The van der Waals surface area contributed by atoms with Gasteiger partial charge in [-0.3, -0.25) is 0 Å². The summed E-state index contributed by atoms with van der Waals surface area (Å²) in [7, 11) is 0. The SMILES string of the molecule is Cc1ccc(CNc2ccccc2C(C)(C)C)cc1C. The van der Waals surface area contributed by atoms with Crippen molar-refractivity contribution in [3.63, 3.8) is 0 Å². The molecule has 2 aromatic rings. The van der Waals surface area contributed by atoms with Crippen LogP contribution in [-0.2, 0) is 12.0 Å². The molecule has 0 amide bonds. The Morgan fingerprint density at radius 1 is 0.900 bits per heavy atom. The standard InChI is InChI=1S/C19H25N/c1-14-10-11-16(12-15(14)2)13-20-18-9-7-6-8-17(18)19(3,4)5/h6-12,20H,13H2,1-5H3. The lowest BCUT2D eigenvalue weighted by atomic mass is 9.86. The highest BCUT2D eigenvalue weighted by atomic mass is 14.9. The third-order valence-corrected chi connectivity index (χ3v) is 3.79. The van der Waals surface area contributed by atoms with Gasteiger partial charge in [0.15, 0.2) is 0 Å². The van der Waals surface area contributed by atoms with E-state index in [4.69, 9.17) is 0 Å². The average Bonchev–Trinajstić information content (AvgIpc) is 2.39. The second-order valence-corrected chi connectivity index (χ2v) is 6.57. The highest BCUT2D eigenvalue weighted by molar-refractivity contribution is 5.54. The molecule has 2 rings (SSSR count). The molecule has 106 valence electrons. The summed E-state index contributed by atoms with van der Waals surface area (Å²) >= 11 is 0. The molecule has 0 heterocycles. The maximum Gasteiger partial charge on any atom is 0.0400 e. The van der Waals surface area contributed by atoms with E-state index in [0.717, 1.165) is 6.54 Å². The number of hydrogen-bond acceptors (Lipinski definition) is 1. The summed E-state index contributed by atoms with van der Waals surface area (Å²) in [5.41, 5.74) is 6.79. The monoisotopic (exact) mass is 267 g/mol. The molecule has 1 N–H and O–H groups in total. The summed E-state index contributed by atoms with van der Waals surface area (Å²) < 4.78 is 0. The zero-order chi connectivity index (χ0) is 14.8. The van der Waals surface area contributed by atoms with Crippen LogP contribution in [0.1, 0.15) is 43.0 Å². The molecule has 0 spiro atoms. The molecule has 1 nitrogen and oxygen atoms in total. The van der Waals surface area contributed by atoms with Gasteiger partial charge in [0.25, 0.3) is 0 Å². The number of rotatable bonds is 3. The molecule has 0 radical (unpaired) electrons. The number of nitrogens with one attached hydrogen (secondary N) is 1. The van der Waals surface area contributed by atoms with Gasteiger partial charge in [0.1, 0.15) is 0 Å². The van der Waals surface area contributed by atoms with Crippen LogP contribution in [0.4, 0.5) is 5.69 Å². The van der Waals surface area contributed by atoms with Crippen LogP contribution < -0.4 is 5.32 Å². The van der Waals surface area contributed by atoms with Crippen molar-refractivity contribution in [1.82, 2.24) is 0 Å². The Hall–Kier alpha value is -1.76. The number of hydrogen-bond donors (Lipinski definition) is 1. The zero-order valence-electron chi connectivity index (χ0n) is 13.2. The van der Waals surface area contributed by atoms with Gasteiger partial charge < -0.3 is 5.32 Å². The van der Waals surface area contributed by atoms with E-state index in [-0.39, 0.29) is 5.41 Å². The van der Waals surface area contributed by atoms with Crippen LogP contribution in [0.5, 0.6) is 0 Å². The van der Waals surface area contributed by atoms with E-state index in [1.807, 2.05) is 0 Å². The molecular weight excluding hydrogens is 242 g/mol. The van der Waals surface area contributed by atoms with E-state index in [1.165, 1.54) is 27.9 Å². The molecule has 0 bridgehead atoms. The Morgan fingerprint density at radius 3 is 2.25 bits per heavy atom. The zero-order valence-corrected chi connectivity index (χ0v) is 13.2. The van der Waals surface area contributed by atoms with Gasteiger partial charge >= 0.3 is 0 Å². The average molecular weight is 267 g/mol. The minimum Gasteiger partial charge on any atom is -0.381 e. The van der Waals surface area contributed by atoms with Crippen LogP contribution in [0.15, 0.2) is 42.5 Å². The minimum absolute atomic E-state index is 0.160. The minimum atomic E-state index is 0.160. The fourth-order valence-electron chi connectivity index (χ4n) is 2.40. The number of aryl methyl sites for hydroxylation is 2. The number of benzene rings is 2. The van der Waals surface area contributed by atoms with Crippen LogP contribution >= 0.6 is 0 Å². The van der Waals surface area contributed by atoms with Gasteiger partial charge in [-0.05, 0) is 47.6 Å². The summed E-state index contributed by atoms with van der Waals surface area (Å²) in [6, 6.07) is 15.3. The van der Waals surface area contributed by atoms with Crippen molar-refractivity contribution >= 4 is 5.69 Å². The molecule has 0 unspecified atom stereocenters. The summed E-state index contributed by atoms with van der Waals surface area (Å²) in [4.78, 5) is 0. The molecule has 0 saturated heterocycles. The summed E-state index contributed by atoms with van der Waals surface area (Å²) in [5.74, 6) is 0. The molecule has 0 aromatic heterocycles. The van der Waals surface area contributed by atoms with Gasteiger partial charge in [-0.15, -0.1) is 0 Å². The summed E-state index contributed by atoms with van der Waals surface area (Å²) in [6.45, 7) is 12.0. The lowest BCUT2D eigenvalue weighted by Gasteiger charge is -2.23. The molecule has 0 aliphatic heterocycles. The van der Waals surface area contributed by atoms with E-state index in [1.54, 1.807) is 0 Å². The maximum absolute atomic E-state index is 3.58. The molecule has 0 atom stereocenters. The van der Waals surface area contributed by atoms with Gasteiger partial charge in [-0.1, -0.05) is 57.2 Å².